The van der Waals surface area contributed by atoms with Gasteiger partial charge in [0.2, 0.25) is 6.41 Å². The molecule has 0 spiro atoms. The van der Waals surface area contributed by atoms with Crippen molar-refractivity contribution >= 4 is 29.2 Å². The summed E-state index contributed by atoms with van der Waals surface area (Å²) < 4.78 is 27.8. The van der Waals surface area contributed by atoms with Crippen LogP contribution in [-0.4, -0.2) is 45.2 Å². The second-order valence-electron chi connectivity index (χ2n) is 8.19. The fourth-order valence-corrected chi connectivity index (χ4v) is 4.26. The van der Waals surface area contributed by atoms with Gasteiger partial charge in [-0.15, -0.1) is 5.92 Å². The van der Waals surface area contributed by atoms with Gasteiger partial charge in [-0.2, -0.15) is 0 Å². The molecule has 2 amide bonds. The molecule has 170 valence electrons. The Balaban J connectivity index is 1.69. The number of halogens is 2. The fourth-order valence-electron chi connectivity index (χ4n) is 4.26. The molecule has 0 fully saturated rings. The predicted molar refractivity (Wildman–Crippen MR) is 120 cm³/mol. The van der Waals surface area contributed by atoms with Gasteiger partial charge in [-0.25, -0.2) is 13.8 Å². The zero-order chi connectivity index (χ0) is 23.8. The van der Waals surface area contributed by atoms with Crippen LogP contribution in [-0.2, 0) is 16.9 Å². The van der Waals surface area contributed by atoms with Crippen molar-refractivity contribution in [3.8, 4) is 11.8 Å². The van der Waals surface area contributed by atoms with E-state index in [2.05, 4.69) is 21.8 Å². The van der Waals surface area contributed by atoms with Crippen LogP contribution in [0.5, 0.6) is 0 Å². The van der Waals surface area contributed by atoms with Crippen LogP contribution in [0.25, 0.3) is 11.0 Å². The molecule has 33 heavy (non-hydrogen) atoms. The van der Waals surface area contributed by atoms with E-state index in [9.17, 15) is 18.4 Å². The summed E-state index contributed by atoms with van der Waals surface area (Å²) in [5.74, 6) is 3.95. The molecule has 1 unspecified atom stereocenters. The number of nitrogens with zero attached hydrogens (tertiary/aromatic N) is 3. The average molecular weight is 451 g/mol. The van der Waals surface area contributed by atoms with E-state index in [-0.39, 0.29) is 30.4 Å². The minimum atomic E-state index is -0.810. The SMILES string of the molecule is CC#CCN(C=O)CCC1(C)c2ccc(F)cc2C(=O)N1Cc1cc2nc(N)c(F)cc2[nH]1. The molecule has 2 aromatic heterocycles. The molecule has 3 aromatic rings. The second-order valence-corrected chi connectivity index (χ2v) is 8.19. The Labute approximate surface area is 189 Å². The maximum absolute atomic E-state index is 14.0. The van der Waals surface area contributed by atoms with E-state index in [1.807, 2.05) is 6.92 Å². The normalized spacial score (nSPS) is 17.1. The number of pyridine rings is 1. The van der Waals surface area contributed by atoms with Gasteiger partial charge < -0.3 is 20.5 Å². The number of hydrogen-bond donors (Lipinski definition) is 2. The molecule has 0 saturated heterocycles. The van der Waals surface area contributed by atoms with Crippen molar-refractivity contribution in [2.45, 2.75) is 32.4 Å². The summed E-state index contributed by atoms with van der Waals surface area (Å²) in [5, 5.41) is 0. The van der Waals surface area contributed by atoms with Crippen LogP contribution in [0.4, 0.5) is 14.6 Å². The quantitative estimate of drug-likeness (QED) is 0.426. The van der Waals surface area contributed by atoms with Crippen LogP contribution in [0.15, 0.2) is 30.3 Å². The highest BCUT2D eigenvalue weighted by Gasteiger charge is 2.46. The molecule has 3 N–H and O–H groups in total. The number of rotatable bonds is 7. The number of carbonyl (C=O) groups excluding carboxylic acids is 2. The molecule has 0 saturated carbocycles. The van der Waals surface area contributed by atoms with E-state index in [0.717, 1.165) is 6.41 Å². The van der Waals surface area contributed by atoms with E-state index in [1.54, 1.807) is 24.0 Å². The Morgan fingerprint density at radius 1 is 1.30 bits per heavy atom. The van der Waals surface area contributed by atoms with Gasteiger partial charge in [0.25, 0.3) is 5.91 Å². The molecular weight excluding hydrogens is 428 g/mol. The van der Waals surface area contributed by atoms with E-state index in [1.165, 1.54) is 23.1 Å². The van der Waals surface area contributed by atoms with Gasteiger partial charge in [-0.3, -0.25) is 9.59 Å². The number of nitrogens with one attached hydrogen (secondary N) is 1. The third-order valence-electron chi connectivity index (χ3n) is 6.09. The summed E-state index contributed by atoms with van der Waals surface area (Å²) in [7, 11) is 0. The first-order valence-corrected chi connectivity index (χ1v) is 10.4. The number of H-pyrrole nitrogens is 1. The highest BCUT2D eigenvalue weighted by molar-refractivity contribution is 6.00. The first kappa shape index (κ1) is 22.3. The molecule has 1 aliphatic heterocycles. The van der Waals surface area contributed by atoms with Crippen molar-refractivity contribution in [3.05, 3.63) is 58.8 Å². The molecule has 0 radical (unpaired) electrons. The highest BCUT2D eigenvalue weighted by atomic mass is 19.1. The number of hydrogen-bond acceptors (Lipinski definition) is 4. The number of nitrogen functional groups attached to an aromatic ring is 1. The fraction of sp³-hybridized carbons (Fsp3) is 0.292. The molecule has 9 heteroatoms. The molecule has 7 nitrogen and oxygen atoms in total. The molecule has 0 aliphatic carbocycles. The Kier molecular flexibility index (Phi) is 5.77. The van der Waals surface area contributed by atoms with Crippen LogP contribution in [0.3, 0.4) is 0 Å². The van der Waals surface area contributed by atoms with E-state index in [0.29, 0.717) is 35.3 Å². The van der Waals surface area contributed by atoms with Crippen molar-refractivity contribution in [1.29, 1.82) is 0 Å². The monoisotopic (exact) mass is 451 g/mol. The number of benzene rings is 1. The van der Waals surface area contributed by atoms with E-state index in [4.69, 9.17) is 5.73 Å². The lowest BCUT2D eigenvalue weighted by molar-refractivity contribution is -0.117. The summed E-state index contributed by atoms with van der Waals surface area (Å²) in [6.07, 6.45) is 1.14. The van der Waals surface area contributed by atoms with Crippen LogP contribution >= 0.6 is 0 Å². The third kappa shape index (κ3) is 4.00. The minimum absolute atomic E-state index is 0.152. The highest BCUT2D eigenvalue weighted by Crippen LogP contribution is 2.43. The van der Waals surface area contributed by atoms with Crippen LogP contribution in [0.2, 0.25) is 0 Å². The Morgan fingerprint density at radius 2 is 2.09 bits per heavy atom. The molecule has 3 heterocycles. The molecule has 1 aromatic carbocycles. The van der Waals surface area contributed by atoms with Crippen molar-refractivity contribution < 1.29 is 18.4 Å². The summed E-state index contributed by atoms with van der Waals surface area (Å²) in [4.78, 5) is 35.1. The van der Waals surface area contributed by atoms with Gasteiger partial charge in [0.1, 0.15) is 5.82 Å². The topological polar surface area (TPSA) is 95.3 Å². The number of anilines is 1. The largest absolute Gasteiger partial charge is 0.381 e. The maximum atomic E-state index is 14.0. The zero-order valence-corrected chi connectivity index (χ0v) is 18.3. The number of nitrogens with two attached hydrogens (primary N) is 1. The molecule has 0 bridgehead atoms. The Bertz CT molecular complexity index is 1270. The lowest BCUT2D eigenvalue weighted by atomic mass is 9.88. The number of carbonyl (C=O) groups is 2. The van der Waals surface area contributed by atoms with Gasteiger partial charge in [-0.05, 0) is 44.0 Å². The second kappa shape index (κ2) is 8.54. The Hall–Kier alpha value is -3.93. The van der Waals surface area contributed by atoms with Gasteiger partial charge in [0, 0.05) is 23.9 Å². The van der Waals surface area contributed by atoms with Crippen molar-refractivity contribution in [3.63, 3.8) is 0 Å². The van der Waals surface area contributed by atoms with Crippen molar-refractivity contribution in [1.82, 2.24) is 19.8 Å². The lowest BCUT2D eigenvalue weighted by Gasteiger charge is -2.37. The van der Waals surface area contributed by atoms with E-state index >= 15 is 0 Å². The zero-order valence-electron chi connectivity index (χ0n) is 18.3. The lowest BCUT2D eigenvalue weighted by Crippen LogP contribution is -2.43. The maximum Gasteiger partial charge on any atom is 0.255 e. The first-order valence-electron chi connectivity index (χ1n) is 10.4. The number of amides is 2. The van der Waals surface area contributed by atoms with Crippen LogP contribution in [0, 0.1) is 23.5 Å². The molecule has 1 aliphatic rings. The van der Waals surface area contributed by atoms with Crippen molar-refractivity contribution in [2.24, 2.45) is 0 Å². The molecule has 1 atom stereocenters. The summed E-state index contributed by atoms with van der Waals surface area (Å²) in [5.41, 5.74) is 7.29. The van der Waals surface area contributed by atoms with E-state index < -0.39 is 17.2 Å². The third-order valence-corrected chi connectivity index (χ3v) is 6.09. The number of aromatic nitrogens is 2. The number of aromatic amines is 1. The smallest absolute Gasteiger partial charge is 0.255 e. The standard InChI is InChI=1S/C24H23F2N5O2/c1-3-4-8-30(14-32)9-7-24(2)18-6-5-15(25)10-17(18)23(33)31(24)13-16-11-20-21(28-16)12-19(26)22(27)29-20/h5-6,10-12,14,28H,7-9,13H2,1-2H3,(H2,27,29). The van der Waals surface area contributed by atoms with Gasteiger partial charge in [0.05, 0.1) is 29.7 Å². The summed E-state index contributed by atoms with van der Waals surface area (Å²) >= 11 is 0. The number of fused-ring (bicyclic) bond motifs is 2. The molecular formula is C24H23F2N5O2. The van der Waals surface area contributed by atoms with Crippen LogP contribution < -0.4 is 5.73 Å². The van der Waals surface area contributed by atoms with Crippen molar-refractivity contribution in [2.75, 3.05) is 18.8 Å². The van der Waals surface area contributed by atoms with Gasteiger partial charge >= 0.3 is 0 Å². The minimum Gasteiger partial charge on any atom is -0.381 e. The average Bonchev–Trinajstić information content (AvgIpc) is 3.26. The Morgan fingerprint density at radius 3 is 2.82 bits per heavy atom. The predicted octanol–water partition coefficient (Wildman–Crippen LogP) is 3.17. The first-order chi connectivity index (χ1) is 15.8. The summed E-state index contributed by atoms with van der Waals surface area (Å²) in [6, 6.07) is 7.14. The van der Waals surface area contributed by atoms with Crippen LogP contribution in [0.1, 0.15) is 41.9 Å². The van der Waals surface area contributed by atoms with Gasteiger partial charge in [0.15, 0.2) is 11.6 Å². The molecule has 4 rings (SSSR count). The summed E-state index contributed by atoms with van der Waals surface area (Å²) in [6.45, 7) is 4.37. The van der Waals surface area contributed by atoms with Gasteiger partial charge in [-0.1, -0.05) is 12.0 Å².